The SMILES string of the molecule is O=S(=O)(NC1CCCCC1)c1ccc(-c2cnc(C3CC3)o2)s1. The van der Waals surface area contributed by atoms with Crippen LogP contribution in [0, 0.1) is 0 Å². The molecule has 5 nitrogen and oxygen atoms in total. The first-order chi connectivity index (χ1) is 11.1. The maximum absolute atomic E-state index is 12.5. The third-order valence-electron chi connectivity index (χ3n) is 4.47. The van der Waals surface area contributed by atoms with Gasteiger partial charge < -0.3 is 4.42 Å². The van der Waals surface area contributed by atoms with Crippen molar-refractivity contribution in [1.82, 2.24) is 9.71 Å². The number of hydrogen-bond donors (Lipinski definition) is 1. The van der Waals surface area contributed by atoms with E-state index in [0.29, 0.717) is 15.9 Å². The summed E-state index contributed by atoms with van der Waals surface area (Å²) in [5, 5.41) is 0. The summed E-state index contributed by atoms with van der Waals surface area (Å²) in [6, 6.07) is 3.54. The lowest BCUT2D eigenvalue weighted by Crippen LogP contribution is -2.35. The highest BCUT2D eigenvalue weighted by Crippen LogP contribution is 2.41. The highest BCUT2D eigenvalue weighted by Gasteiger charge is 2.29. The zero-order chi connectivity index (χ0) is 15.9. The molecule has 23 heavy (non-hydrogen) atoms. The van der Waals surface area contributed by atoms with Crippen LogP contribution in [-0.4, -0.2) is 19.4 Å². The third-order valence-corrected chi connectivity index (χ3v) is 7.58. The molecule has 0 bridgehead atoms. The molecular weight excluding hydrogens is 332 g/mol. The van der Waals surface area contributed by atoms with Crippen LogP contribution in [0.5, 0.6) is 0 Å². The van der Waals surface area contributed by atoms with E-state index in [1.165, 1.54) is 17.8 Å². The summed E-state index contributed by atoms with van der Waals surface area (Å²) in [4.78, 5) is 5.11. The van der Waals surface area contributed by atoms with E-state index in [1.54, 1.807) is 18.3 Å². The molecule has 2 aromatic heterocycles. The lowest BCUT2D eigenvalue weighted by atomic mass is 9.96. The molecule has 0 atom stereocenters. The first-order valence-corrected chi connectivity index (χ1v) is 10.5. The van der Waals surface area contributed by atoms with Gasteiger partial charge in [0.15, 0.2) is 11.7 Å². The zero-order valence-corrected chi connectivity index (χ0v) is 14.5. The topological polar surface area (TPSA) is 72.2 Å². The average molecular weight is 352 g/mol. The molecule has 2 fully saturated rings. The summed E-state index contributed by atoms with van der Waals surface area (Å²) < 4.78 is 34.0. The van der Waals surface area contributed by atoms with Gasteiger partial charge in [-0.15, -0.1) is 11.3 Å². The predicted molar refractivity (Wildman–Crippen MR) is 89.0 cm³/mol. The second kappa shape index (κ2) is 6.03. The molecule has 2 saturated carbocycles. The zero-order valence-electron chi connectivity index (χ0n) is 12.8. The van der Waals surface area contributed by atoms with Crippen LogP contribution in [0.15, 0.2) is 27.0 Å². The van der Waals surface area contributed by atoms with Crippen LogP contribution in [0.1, 0.15) is 56.8 Å². The van der Waals surface area contributed by atoms with Gasteiger partial charge in [0, 0.05) is 12.0 Å². The van der Waals surface area contributed by atoms with Gasteiger partial charge in [0.25, 0.3) is 0 Å². The summed E-state index contributed by atoms with van der Waals surface area (Å²) in [6.07, 6.45) is 9.25. The largest absolute Gasteiger partial charge is 0.440 e. The fourth-order valence-electron chi connectivity index (χ4n) is 3.02. The molecule has 0 unspecified atom stereocenters. The van der Waals surface area contributed by atoms with Gasteiger partial charge >= 0.3 is 0 Å². The van der Waals surface area contributed by atoms with Crippen molar-refractivity contribution in [2.45, 2.75) is 61.1 Å². The smallest absolute Gasteiger partial charge is 0.250 e. The van der Waals surface area contributed by atoms with Crippen LogP contribution in [-0.2, 0) is 10.0 Å². The van der Waals surface area contributed by atoms with Crippen molar-refractivity contribution in [3.8, 4) is 10.6 Å². The molecule has 0 spiro atoms. The lowest BCUT2D eigenvalue weighted by molar-refractivity contribution is 0.412. The highest BCUT2D eigenvalue weighted by atomic mass is 32.2. The van der Waals surface area contributed by atoms with Crippen LogP contribution < -0.4 is 4.72 Å². The van der Waals surface area contributed by atoms with Gasteiger partial charge in [0.2, 0.25) is 10.0 Å². The first kappa shape index (κ1) is 15.4. The maximum atomic E-state index is 12.5. The van der Waals surface area contributed by atoms with Crippen LogP contribution in [0.25, 0.3) is 10.6 Å². The molecule has 124 valence electrons. The normalized spacial score (nSPS) is 20.0. The van der Waals surface area contributed by atoms with Crippen LogP contribution in [0.4, 0.5) is 0 Å². The Labute approximate surface area is 140 Å². The predicted octanol–water partition coefficient (Wildman–Crippen LogP) is 3.89. The lowest BCUT2D eigenvalue weighted by Gasteiger charge is -2.22. The Balaban J connectivity index is 1.51. The molecule has 4 rings (SSSR count). The highest BCUT2D eigenvalue weighted by molar-refractivity contribution is 7.91. The fraction of sp³-hybridized carbons (Fsp3) is 0.562. The van der Waals surface area contributed by atoms with Gasteiger partial charge in [-0.2, -0.15) is 0 Å². The Kier molecular flexibility index (Phi) is 4.03. The van der Waals surface area contributed by atoms with E-state index in [9.17, 15) is 8.42 Å². The number of rotatable bonds is 5. The molecule has 0 radical (unpaired) electrons. The van der Waals surface area contributed by atoms with Gasteiger partial charge in [-0.1, -0.05) is 19.3 Å². The number of oxazole rings is 1. The van der Waals surface area contributed by atoms with Crippen molar-refractivity contribution < 1.29 is 12.8 Å². The molecule has 2 aliphatic carbocycles. The van der Waals surface area contributed by atoms with E-state index >= 15 is 0 Å². The van der Waals surface area contributed by atoms with Crippen LogP contribution in [0.3, 0.4) is 0 Å². The van der Waals surface area contributed by atoms with Gasteiger partial charge in [-0.3, -0.25) is 0 Å². The average Bonchev–Trinajstić information content (AvgIpc) is 3.07. The van der Waals surface area contributed by atoms with E-state index in [4.69, 9.17) is 4.42 Å². The standard InChI is InChI=1S/C16H20N2O3S2/c19-23(20,18-12-4-2-1-3-5-12)15-9-8-14(22-15)13-10-17-16(21-13)11-6-7-11/h8-12,18H,1-7H2. The quantitative estimate of drug-likeness (QED) is 0.886. The molecule has 2 aliphatic rings. The number of thiophene rings is 1. The van der Waals surface area contributed by atoms with Crippen LogP contribution in [0.2, 0.25) is 0 Å². The van der Waals surface area contributed by atoms with E-state index in [1.807, 2.05) is 0 Å². The summed E-state index contributed by atoms with van der Waals surface area (Å²) >= 11 is 1.24. The second-order valence-corrected chi connectivity index (χ2v) is 9.44. The molecule has 0 aliphatic heterocycles. The molecule has 0 aromatic carbocycles. The number of aromatic nitrogens is 1. The Hall–Kier alpha value is -1.18. The first-order valence-electron chi connectivity index (χ1n) is 8.20. The van der Waals surface area contributed by atoms with E-state index in [-0.39, 0.29) is 6.04 Å². The second-order valence-electron chi connectivity index (χ2n) is 6.41. The molecule has 2 aromatic rings. The molecule has 0 amide bonds. The minimum absolute atomic E-state index is 0.0750. The van der Waals surface area contributed by atoms with Crippen molar-refractivity contribution in [3.05, 3.63) is 24.2 Å². The molecule has 0 saturated heterocycles. The van der Waals surface area contributed by atoms with Gasteiger partial charge in [-0.25, -0.2) is 18.1 Å². The number of nitrogens with zero attached hydrogens (tertiary/aromatic N) is 1. The Morgan fingerprint density at radius 3 is 2.65 bits per heavy atom. The monoisotopic (exact) mass is 352 g/mol. The van der Waals surface area contributed by atoms with Gasteiger partial charge in [-0.05, 0) is 37.8 Å². The van der Waals surface area contributed by atoms with Crippen molar-refractivity contribution in [2.75, 3.05) is 0 Å². The van der Waals surface area contributed by atoms with Gasteiger partial charge in [0.1, 0.15) is 4.21 Å². The van der Waals surface area contributed by atoms with Crippen molar-refractivity contribution >= 4 is 21.4 Å². The summed E-state index contributed by atoms with van der Waals surface area (Å²) in [6.45, 7) is 0. The maximum Gasteiger partial charge on any atom is 0.250 e. The Bertz CT molecular complexity index is 784. The third kappa shape index (κ3) is 3.36. The fourth-order valence-corrected chi connectivity index (χ4v) is 5.59. The van der Waals surface area contributed by atoms with E-state index in [0.717, 1.165) is 49.3 Å². The molecule has 7 heteroatoms. The van der Waals surface area contributed by atoms with Gasteiger partial charge in [0.05, 0.1) is 11.1 Å². The molecule has 1 N–H and O–H groups in total. The van der Waals surface area contributed by atoms with Crippen LogP contribution >= 0.6 is 11.3 Å². The number of nitrogens with one attached hydrogen (secondary N) is 1. The summed E-state index contributed by atoms with van der Waals surface area (Å²) in [5.41, 5.74) is 0. The van der Waals surface area contributed by atoms with E-state index < -0.39 is 10.0 Å². The number of hydrogen-bond acceptors (Lipinski definition) is 5. The summed E-state index contributed by atoms with van der Waals surface area (Å²) in [7, 11) is -3.44. The molecular formula is C16H20N2O3S2. The summed E-state index contributed by atoms with van der Waals surface area (Å²) in [5.74, 6) is 1.90. The van der Waals surface area contributed by atoms with E-state index in [2.05, 4.69) is 9.71 Å². The molecule has 2 heterocycles. The minimum atomic E-state index is -3.44. The van der Waals surface area contributed by atoms with Crippen molar-refractivity contribution in [3.63, 3.8) is 0 Å². The Morgan fingerprint density at radius 2 is 1.91 bits per heavy atom. The van der Waals surface area contributed by atoms with Crippen molar-refractivity contribution in [1.29, 1.82) is 0 Å². The Morgan fingerprint density at radius 1 is 1.13 bits per heavy atom. The minimum Gasteiger partial charge on any atom is -0.440 e. The number of sulfonamides is 1. The van der Waals surface area contributed by atoms with Crippen molar-refractivity contribution in [2.24, 2.45) is 0 Å².